The molecule has 1 saturated heterocycles. The molecule has 2 fully saturated rings. The third kappa shape index (κ3) is 3.45. The van der Waals surface area contributed by atoms with Crippen LogP contribution in [0.15, 0.2) is 18.2 Å². The highest BCUT2D eigenvalue weighted by atomic mass is 19.2. The second-order valence-corrected chi connectivity index (χ2v) is 7.02. The van der Waals surface area contributed by atoms with E-state index in [0.717, 1.165) is 18.9 Å². The number of carbonyl (C=O) groups excluding carboxylic acids is 1. The first-order chi connectivity index (χ1) is 11.9. The van der Waals surface area contributed by atoms with Crippen LogP contribution >= 0.6 is 0 Å². The fourth-order valence-corrected chi connectivity index (χ4v) is 4.01. The molecule has 1 aromatic rings. The van der Waals surface area contributed by atoms with Crippen molar-refractivity contribution in [2.45, 2.75) is 37.5 Å². The van der Waals surface area contributed by atoms with E-state index in [-0.39, 0.29) is 19.1 Å². The van der Waals surface area contributed by atoms with Crippen LogP contribution in [0, 0.1) is 17.6 Å². The number of benzene rings is 1. The Balaban J connectivity index is 1.70. The first kappa shape index (κ1) is 17.6. The van der Waals surface area contributed by atoms with Crippen molar-refractivity contribution in [3.63, 3.8) is 0 Å². The molecule has 3 rings (SSSR count). The number of nitrogens with zero attached hydrogens (tertiary/aromatic N) is 1. The van der Waals surface area contributed by atoms with Crippen LogP contribution < -0.4 is 5.32 Å². The van der Waals surface area contributed by atoms with Gasteiger partial charge in [0.2, 0.25) is 0 Å². The first-order valence-electron chi connectivity index (χ1n) is 8.63. The monoisotopic (exact) mass is 352 g/mol. The van der Waals surface area contributed by atoms with Crippen LogP contribution in [0.2, 0.25) is 0 Å². The number of amides is 2. The fraction of sp³-hybridized carbons (Fsp3) is 0.556. The summed E-state index contributed by atoms with van der Waals surface area (Å²) in [7, 11) is 0. The van der Waals surface area contributed by atoms with Crippen molar-refractivity contribution in [2.24, 2.45) is 5.92 Å². The van der Waals surface area contributed by atoms with E-state index < -0.39 is 28.9 Å². The van der Waals surface area contributed by atoms with Gasteiger partial charge in [0.1, 0.15) is 0 Å². The number of hydrogen-bond acceptors (Lipinski definition) is 2. The van der Waals surface area contributed by atoms with Crippen LogP contribution in [0.25, 0.3) is 0 Å². The van der Waals surface area contributed by atoms with Gasteiger partial charge in [-0.2, -0.15) is 0 Å². The molecule has 0 bridgehead atoms. The quantitative estimate of drug-likeness (QED) is 0.875. The molecule has 25 heavy (non-hydrogen) atoms. The molecule has 0 spiro atoms. The lowest BCUT2D eigenvalue weighted by atomic mass is 9.78. The van der Waals surface area contributed by atoms with Gasteiger partial charge < -0.3 is 15.3 Å². The second kappa shape index (κ2) is 6.98. The van der Waals surface area contributed by atoms with Gasteiger partial charge in [0.25, 0.3) is 0 Å². The zero-order valence-electron chi connectivity index (χ0n) is 13.9. The molecule has 1 atom stereocenters. The SMILES string of the molecule is O=C(O)C1CCN(C(=O)NCC2(c3cccc(F)c3F)CCCC2)C1. The van der Waals surface area contributed by atoms with Gasteiger partial charge in [0.05, 0.1) is 5.92 Å². The van der Waals surface area contributed by atoms with Gasteiger partial charge in [-0.05, 0) is 30.9 Å². The predicted molar refractivity (Wildman–Crippen MR) is 87.2 cm³/mol. The molecule has 2 aliphatic rings. The van der Waals surface area contributed by atoms with Crippen molar-refractivity contribution in [3.8, 4) is 0 Å². The van der Waals surface area contributed by atoms with E-state index in [4.69, 9.17) is 5.11 Å². The lowest BCUT2D eigenvalue weighted by Gasteiger charge is -2.31. The molecule has 1 aliphatic heterocycles. The van der Waals surface area contributed by atoms with Crippen molar-refractivity contribution in [2.75, 3.05) is 19.6 Å². The molecule has 1 aliphatic carbocycles. The summed E-state index contributed by atoms with van der Waals surface area (Å²) in [6.07, 6.45) is 3.61. The maximum Gasteiger partial charge on any atom is 0.317 e. The Morgan fingerprint density at radius 2 is 2.00 bits per heavy atom. The Morgan fingerprint density at radius 3 is 2.64 bits per heavy atom. The molecule has 5 nitrogen and oxygen atoms in total. The van der Waals surface area contributed by atoms with Gasteiger partial charge in [0.15, 0.2) is 11.6 Å². The van der Waals surface area contributed by atoms with Crippen molar-refractivity contribution in [1.29, 1.82) is 0 Å². The molecule has 7 heteroatoms. The van der Waals surface area contributed by atoms with Crippen molar-refractivity contribution in [1.82, 2.24) is 10.2 Å². The first-order valence-corrected chi connectivity index (χ1v) is 8.63. The molecular weight excluding hydrogens is 330 g/mol. The number of urea groups is 1. The number of carboxylic acids is 1. The number of likely N-dealkylation sites (tertiary alicyclic amines) is 1. The molecule has 136 valence electrons. The summed E-state index contributed by atoms with van der Waals surface area (Å²) in [5.74, 6) is -3.15. The van der Waals surface area contributed by atoms with Gasteiger partial charge in [-0.3, -0.25) is 4.79 Å². The maximum absolute atomic E-state index is 14.3. The van der Waals surface area contributed by atoms with Crippen molar-refractivity contribution >= 4 is 12.0 Å². The number of halogens is 2. The van der Waals surface area contributed by atoms with E-state index in [2.05, 4.69) is 5.32 Å². The molecule has 1 aromatic carbocycles. The molecule has 0 radical (unpaired) electrons. The number of carboxylic acid groups (broad SMARTS) is 1. The van der Waals surface area contributed by atoms with Crippen molar-refractivity contribution in [3.05, 3.63) is 35.4 Å². The van der Waals surface area contributed by atoms with Crippen molar-refractivity contribution < 1.29 is 23.5 Å². The lowest BCUT2D eigenvalue weighted by molar-refractivity contribution is -0.141. The predicted octanol–water partition coefficient (Wildman–Crippen LogP) is 2.89. The van der Waals surface area contributed by atoms with E-state index in [9.17, 15) is 18.4 Å². The molecule has 1 heterocycles. The molecule has 1 saturated carbocycles. The summed E-state index contributed by atoms with van der Waals surface area (Å²) >= 11 is 0. The Bertz CT molecular complexity index is 674. The number of nitrogens with one attached hydrogen (secondary N) is 1. The Morgan fingerprint density at radius 1 is 1.28 bits per heavy atom. The molecule has 2 N–H and O–H groups in total. The van der Waals surface area contributed by atoms with E-state index >= 15 is 0 Å². The Kier molecular flexibility index (Phi) is 4.92. The van der Waals surface area contributed by atoms with Crippen LogP contribution in [0.3, 0.4) is 0 Å². The van der Waals surface area contributed by atoms with Gasteiger partial charge >= 0.3 is 12.0 Å². The summed E-state index contributed by atoms with van der Waals surface area (Å²) in [6, 6.07) is 3.84. The van der Waals surface area contributed by atoms with Gasteiger partial charge in [-0.25, -0.2) is 13.6 Å². The third-order valence-electron chi connectivity index (χ3n) is 5.49. The number of carbonyl (C=O) groups is 2. The average Bonchev–Trinajstić information content (AvgIpc) is 3.25. The van der Waals surface area contributed by atoms with Crippen LogP contribution in [0.5, 0.6) is 0 Å². The highest BCUT2D eigenvalue weighted by Crippen LogP contribution is 2.42. The minimum atomic E-state index is -0.899. The largest absolute Gasteiger partial charge is 0.481 e. The summed E-state index contributed by atoms with van der Waals surface area (Å²) < 4.78 is 27.9. The Labute approximate surface area is 145 Å². The van der Waals surface area contributed by atoms with E-state index in [1.54, 1.807) is 6.07 Å². The van der Waals surface area contributed by atoms with Crippen LogP contribution in [0.4, 0.5) is 13.6 Å². The van der Waals surface area contributed by atoms with Gasteiger partial charge in [0, 0.05) is 25.0 Å². The molecular formula is C18H22F2N2O3. The Hall–Kier alpha value is -2.18. The third-order valence-corrected chi connectivity index (χ3v) is 5.49. The molecule has 2 amide bonds. The summed E-state index contributed by atoms with van der Waals surface area (Å²) in [4.78, 5) is 24.8. The highest BCUT2D eigenvalue weighted by Gasteiger charge is 2.39. The highest BCUT2D eigenvalue weighted by molar-refractivity contribution is 5.77. The summed E-state index contributed by atoms with van der Waals surface area (Å²) in [5, 5.41) is 11.8. The minimum Gasteiger partial charge on any atom is -0.481 e. The number of rotatable bonds is 4. The fourth-order valence-electron chi connectivity index (χ4n) is 4.01. The van der Waals surface area contributed by atoms with E-state index in [1.165, 1.54) is 11.0 Å². The standard InChI is InChI=1S/C18H22F2N2O3/c19-14-5-3-4-13(15(14)20)18(7-1-2-8-18)11-21-17(25)22-9-6-12(10-22)16(23)24/h3-5,12H,1-2,6-11H2,(H,21,25)(H,23,24). The molecule has 0 aromatic heterocycles. The van der Waals surface area contributed by atoms with E-state index in [1.807, 2.05) is 0 Å². The zero-order valence-corrected chi connectivity index (χ0v) is 13.9. The van der Waals surface area contributed by atoms with E-state index in [0.29, 0.717) is 31.4 Å². The van der Waals surface area contributed by atoms with Crippen LogP contribution in [-0.2, 0) is 10.2 Å². The summed E-state index contributed by atoms with van der Waals surface area (Å²) in [5.41, 5.74) is -0.288. The van der Waals surface area contributed by atoms with Gasteiger partial charge in [-0.1, -0.05) is 25.0 Å². The zero-order chi connectivity index (χ0) is 18.0. The second-order valence-electron chi connectivity index (χ2n) is 7.02. The maximum atomic E-state index is 14.3. The summed E-state index contributed by atoms with van der Waals surface area (Å²) in [6.45, 7) is 0.799. The average molecular weight is 352 g/mol. The van der Waals surface area contributed by atoms with Crippen LogP contribution in [0.1, 0.15) is 37.7 Å². The molecule has 1 unspecified atom stereocenters. The number of aliphatic carboxylic acids is 1. The minimum absolute atomic E-state index is 0.183. The van der Waals surface area contributed by atoms with Gasteiger partial charge in [-0.15, -0.1) is 0 Å². The normalized spacial score (nSPS) is 22.2. The van der Waals surface area contributed by atoms with Crippen LogP contribution in [-0.4, -0.2) is 41.6 Å². The lowest BCUT2D eigenvalue weighted by Crippen LogP contribution is -2.45. The number of hydrogen-bond donors (Lipinski definition) is 2. The topological polar surface area (TPSA) is 69.6 Å². The smallest absolute Gasteiger partial charge is 0.317 e.